The summed E-state index contributed by atoms with van der Waals surface area (Å²) >= 11 is 6.11. The zero-order valence-electron chi connectivity index (χ0n) is 16.0. The molecule has 0 saturated carbocycles. The van der Waals surface area contributed by atoms with Crippen LogP contribution < -0.4 is 10.1 Å². The third-order valence-electron chi connectivity index (χ3n) is 4.30. The topological polar surface area (TPSA) is 84.3 Å². The van der Waals surface area contributed by atoms with E-state index in [-0.39, 0.29) is 11.7 Å². The van der Waals surface area contributed by atoms with Crippen molar-refractivity contribution < 1.29 is 14.6 Å². The summed E-state index contributed by atoms with van der Waals surface area (Å²) in [5, 5.41) is 13.1. The molecule has 3 aromatic rings. The molecule has 0 bridgehead atoms. The van der Waals surface area contributed by atoms with E-state index in [1.54, 1.807) is 12.1 Å². The highest BCUT2D eigenvalue weighted by atomic mass is 35.5. The van der Waals surface area contributed by atoms with Gasteiger partial charge in [-0.1, -0.05) is 54.1 Å². The predicted molar refractivity (Wildman–Crippen MR) is 113 cm³/mol. The molecule has 0 spiro atoms. The van der Waals surface area contributed by atoms with Gasteiger partial charge in [-0.25, -0.2) is 14.8 Å². The van der Waals surface area contributed by atoms with E-state index in [9.17, 15) is 9.90 Å². The molecular formula is C22H22ClN3O3. The van der Waals surface area contributed by atoms with Gasteiger partial charge in [-0.3, -0.25) is 0 Å². The van der Waals surface area contributed by atoms with Crippen molar-refractivity contribution in [1.82, 2.24) is 9.97 Å². The minimum Gasteiger partial charge on any atom is -0.487 e. The lowest BCUT2D eigenvalue weighted by Crippen LogP contribution is -2.24. The number of nitrogens with one attached hydrogen (secondary N) is 1. The van der Waals surface area contributed by atoms with Gasteiger partial charge in [-0.2, -0.15) is 0 Å². The number of ether oxygens (including phenoxy) is 1. The Morgan fingerprint density at radius 3 is 2.59 bits per heavy atom. The Kier molecular flexibility index (Phi) is 7.03. The van der Waals surface area contributed by atoms with Gasteiger partial charge in [-0.05, 0) is 37.5 Å². The second kappa shape index (κ2) is 9.89. The number of carbonyl (C=O) groups is 1. The third kappa shape index (κ3) is 5.93. The van der Waals surface area contributed by atoms with Gasteiger partial charge in [0.15, 0.2) is 0 Å². The van der Waals surface area contributed by atoms with Crippen LogP contribution in [0.5, 0.6) is 5.75 Å². The van der Waals surface area contributed by atoms with Crippen molar-refractivity contribution in [1.29, 1.82) is 0 Å². The van der Waals surface area contributed by atoms with Crippen LogP contribution in [0.3, 0.4) is 0 Å². The van der Waals surface area contributed by atoms with Gasteiger partial charge in [0, 0.05) is 6.20 Å². The first-order valence-corrected chi connectivity index (χ1v) is 9.69. The molecule has 0 fully saturated rings. The molecule has 3 rings (SSSR count). The van der Waals surface area contributed by atoms with E-state index in [0.29, 0.717) is 41.8 Å². The number of aromatic carboxylic acids is 1. The second-order valence-corrected chi connectivity index (χ2v) is 6.99. The maximum Gasteiger partial charge on any atom is 0.339 e. The summed E-state index contributed by atoms with van der Waals surface area (Å²) in [6.45, 7) is 2.34. The van der Waals surface area contributed by atoms with Crippen LogP contribution in [-0.2, 0) is 12.8 Å². The Balaban J connectivity index is 1.64. The quantitative estimate of drug-likeness (QED) is 0.539. The number of hydrogen-bond donors (Lipinski definition) is 2. The Labute approximate surface area is 174 Å². The zero-order valence-corrected chi connectivity index (χ0v) is 16.8. The Hall–Kier alpha value is -3.12. The number of aryl methyl sites for hydroxylation is 2. The van der Waals surface area contributed by atoms with Gasteiger partial charge in [0.05, 0.1) is 22.8 Å². The monoisotopic (exact) mass is 411 g/mol. The predicted octanol–water partition coefficient (Wildman–Crippen LogP) is 4.49. The van der Waals surface area contributed by atoms with E-state index in [1.165, 1.54) is 6.20 Å². The molecule has 0 amide bonds. The Morgan fingerprint density at radius 1 is 1.14 bits per heavy atom. The van der Waals surface area contributed by atoms with Crippen LogP contribution in [-0.4, -0.2) is 33.7 Å². The minimum absolute atomic E-state index is 0.117. The first-order valence-electron chi connectivity index (χ1n) is 9.31. The molecule has 0 radical (unpaired) electrons. The molecule has 0 aliphatic carbocycles. The highest BCUT2D eigenvalue weighted by molar-refractivity contribution is 6.32. The highest BCUT2D eigenvalue weighted by Gasteiger charge is 2.14. The molecule has 2 aromatic carbocycles. The van der Waals surface area contributed by atoms with Gasteiger partial charge in [0.1, 0.15) is 11.9 Å². The van der Waals surface area contributed by atoms with Crippen molar-refractivity contribution in [2.24, 2.45) is 0 Å². The smallest absolute Gasteiger partial charge is 0.339 e. The lowest BCUT2D eigenvalue weighted by molar-refractivity contribution is 0.0694. The van der Waals surface area contributed by atoms with Crippen molar-refractivity contribution in [3.8, 4) is 5.75 Å². The van der Waals surface area contributed by atoms with Gasteiger partial charge < -0.3 is 15.2 Å². The number of aromatic nitrogens is 2. The van der Waals surface area contributed by atoms with Gasteiger partial charge in [0.25, 0.3) is 0 Å². The third-order valence-corrected chi connectivity index (χ3v) is 4.62. The molecule has 1 atom stereocenters. The maximum atomic E-state index is 11.5. The lowest BCUT2D eigenvalue weighted by atomic mass is 10.1. The van der Waals surface area contributed by atoms with Crippen molar-refractivity contribution in [2.75, 3.05) is 11.9 Å². The summed E-state index contributed by atoms with van der Waals surface area (Å²) < 4.78 is 5.82. The largest absolute Gasteiger partial charge is 0.487 e. The SMILES string of the molecule is C[C@H](CNc1ncc(C(=O)O)c(CCc2ccccc2)n1)Oc1ccccc1Cl. The van der Waals surface area contributed by atoms with Gasteiger partial charge in [-0.15, -0.1) is 0 Å². The molecule has 150 valence electrons. The van der Waals surface area contributed by atoms with E-state index >= 15 is 0 Å². The molecule has 1 heterocycles. The van der Waals surface area contributed by atoms with Crippen LogP contribution in [0.25, 0.3) is 0 Å². The first kappa shape index (κ1) is 20.6. The Morgan fingerprint density at radius 2 is 1.86 bits per heavy atom. The average molecular weight is 412 g/mol. The number of halogens is 1. The molecule has 29 heavy (non-hydrogen) atoms. The maximum absolute atomic E-state index is 11.5. The fraction of sp³-hybridized carbons (Fsp3) is 0.227. The molecule has 2 N–H and O–H groups in total. The molecule has 1 aromatic heterocycles. The normalized spacial score (nSPS) is 11.7. The standard InChI is InChI=1S/C22H22ClN3O3/c1-15(29-20-10-6-5-9-18(20)23)13-24-22-25-14-17(21(27)28)19(26-22)12-11-16-7-3-2-4-8-16/h2-10,14-15H,11-13H2,1H3,(H,27,28)(H,24,25,26)/t15-/m1/s1. The summed E-state index contributed by atoms with van der Waals surface area (Å²) in [5.41, 5.74) is 1.74. The summed E-state index contributed by atoms with van der Waals surface area (Å²) in [4.78, 5) is 20.1. The van der Waals surface area contributed by atoms with Crippen molar-refractivity contribution in [3.05, 3.63) is 82.6 Å². The number of rotatable bonds is 9. The van der Waals surface area contributed by atoms with E-state index in [0.717, 1.165) is 5.56 Å². The van der Waals surface area contributed by atoms with Crippen LogP contribution in [0.1, 0.15) is 28.5 Å². The lowest BCUT2D eigenvalue weighted by Gasteiger charge is -2.16. The number of anilines is 1. The van der Waals surface area contributed by atoms with E-state index < -0.39 is 5.97 Å². The number of carboxylic acids is 1. The summed E-state index contributed by atoms with van der Waals surface area (Å²) in [7, 11) is 0. The summed E-state index contributed by atoms with van der Waals surface area (Å²) in [6.07, 6.45) is 2.36. The van der Waals surface area contributed by atoms with Crippen LogP contribution in [0.2, 0.25) is 5.02 Å². The van der Waals surface area contributed by atoms with Crippen molar-refractivity contribution in [2.45, 2.75) is 25.9 Å². The van der Waals surface area contributed by atoms with E-state index in [2.05, 4.69) is 15.3 Å². The number of para-hydroxylation sites is 1. The van der Waals surface area contributed by atoms with Crippen LogP contribution in [0.4, 0.5) is 5.95 Å². The molecule has 0 aliphatic rings. The second-order valence-electron chi connectivity index (χ2n) is 6.58. The molecule has 0 aliphatic heterocycles. The zero-order chi connectivity index (χ0) is 20.6. The summed E-state index contributed by atoms with van der Waals surface area (Å²) in [6, 6.07) is 17.2. The van der Waals surface area contributed by atoms with Gasteiger partial charge >= 0.3 is 5.97 Å². The Bertz CT molecular complexity index is 967. The number of carboxylic acid groups (broad SMARTS) is 1. The van der Waals surface area contributed by atoms with Crippen molar-refractivity contribution in [3.63, 3.8) is 0 Å². The van der Waals surface area contributed by atoms with Crippen molar-refractivity contribution >= 4 is 23.5 Å². The molecule has 0 unspecified atom stereocenters. The summed E-state index contributed by atoms with van der Waals surface area (Å²) in [5.74, 6) is -0.0585. The number of benzene rings is 2. The van der Waals surface area contributed by atoms with Crippen LogP contribution in [0.15, 0.2) is 60.8 Å². The molecule has 6 nitrogen and oxygen atoms in total. The minimum atomic E-state index is -1.03. The fourth-order valence-electron chi connectivity index (χ4n) is 2.81. The van der Waals surface area contributed by atoms with Crippen LogP contribution in [0, 0.1) is 0 Å². The first-order chi connectivity index (χ1) is 14.0. The number of hydrogen-bond acceptors (Lipinski definition) is 5. The highest BCUT2D eigenvalue weighted by Crippen LogP contribution is 2.24. The molecule has 0 saturated heterocycles. The average Bonchev–Trinajstić information content (AvgIpc) is 2.73. The van der Waals surface area contributed by atoms with Crippen LogP contribution >= 0.6 is 11.6 Å². The molecular weight excluding hydrogens is 390 g/mol. The fourth-order valence-corrected chi connectivity index (χ4v) is 2.99. The van der Waals surface area contributed by atoms with E-state index in [1.807, 2.05) is 49.4 Å². The number of nitrogens with zero attached hydrogens (tertiary/aromatic N) is 2. The molecule has 7 heteroatoms. The van der Waals surface area contributed by atoms with Gasteiger partial charge in [0.2, 0.25) is 5.95 Å². The van der Waals surface area contributed by atoms with E-state index in [4.69, 9.17) is 16.3 Å².